The van der Waals surface area contributed by atoms with Crippen LogP contribution in [0.5, 0.6) is 0 Å². The minimum absolute atomic E-state index is 0.228. The van der Waals surface area contributed by atoms with Crippen molar-refractivity contribution in [1.29, 1.82) is 0 Å². The van der Waals surface area contributed by atoms with Gasteiger partial charge in [-0.2, -0.15) is 5.10 Å². The molecule has 90 valence electrons. The van der Waals surface area contributed by atoms with E-state index in [9.17, 15) is 4.79 Å². The summed E-state index contributed by atoms with van der Waals surface area (Å²) in [5.74, 6) is 1.47. The third kappa shape index (κ3) is 2.01. The largest absolute Gasteiger partial charge is 0.349 e. The van der Waals surface area contributed by atoms with Crippen LogP contribution in [-0.4, -0.2) is 24.4 Å². The normalized spacial score (nSPS) is 17.5. The van der Waals surface area contributed by atoms with Gasteiger partial charge in [0, 0.05) is 23.0 Å². The molecule has 0 aliphatic heterocycles. The summed E-state index contributed by atoms with van der Waals surface area (Å²) in [7, 11) is 0. The molecular weight excluding hydrogens is 284 g/mol. The number of rotatable bonds is 3. The summed E-state index contributed by atoms with van der Waals surface area (Å²) in [6.07, 6.45) is 3.50. The molecule has 2 aromatic heterocycles. The molecule has 1 atom stereocenters. The summed E-state index contributed by atoms with van der Waals surface area (Å²) in [6.45, 7) is 1.83. The smallest absolute Gasteiger partial charge is 0.246 e. The Labute approximate surface area is 106 Å². The predicted molar refractivity (Wildman–Crippen MR) is 67.5 cm³/mol. The molecule has 5 nitrogen and oxygen atoms in total. The Bertz CT molecular complexity index is 613. The van der Waals surface area contributed by atoms with E-state index in [1.165, 1.54) is 17.2 Å². The van der Waals surface area contributed by atoms with E-state index in [1.54, 1.807) is 0 Å². The van der Waals surface area contributed by atoms with Gasteiger partial charge in [-0.15, -0.1) is 0 Å². The summed E-state index contributed by atoms with van der Waals surface area (Å²) in [5, 5.41) is 6.42. The average Bonchev–Trinajstić information content (AvgIpc) is 3.04. The van der Waals surface area contributed by atoms with Gasteiger partial charge < -0.3 is 0 Å². The first kappa shape index (κ1) is 11.0. The lowest BCUT2D eigenvalue weighted by molar-refractivity contribution is 0.738. The van der Waals surface area contributed by atoms with E-state index in [4.69, 9.17) is 0 Å². The van der Waals surface area contributed by atoms with E-state index >= 15 is 0 Å². The van der Waals surface area contributed by atoms with E-state index in [1.807, 2.05) is 13.0 Å². The van der Waals surface area contributed by atoms with Crippen molar-refractivity contribution < 1.29 is 0 Å². The molecule has 0 saturated heterocycles. The Morgan fingerprint density at radius 1 is 1.65 bits per heavy atom. The van der Waals surface area contributed by atoms with E-state index in [-0.39, 0.29) is 5.69 Å². The monoisotopic (exact) mass is 296 g/mol. The molecule has 0 radical (unpaired) electrons. The number of H-pyrrole nitrogens is 1. The van der Waals surface area contributed by atoms with Crippen LogP contribution in [0.2, 0.25) is 0 Å². The number of nitrogens with zero attached hydrogens (tertiary/aromatic N) is 3. The van der Waals surface area contributed by atoms with E-state index in [2.05, 4.69) is 31.1 Å². The van der Waals surface area contributed by atoms with Gasteiger partial charge in [0.05, 0.1) is 0 Å². The fourth-order valence-electron chi connectivity index (χ4n) is 2.09. The molecular formula is C11H13BrN4O. The van der Waals surface area contributed by atoms with Gasteiger partial charge in [0.1, 0.15) is 5.82 Å². The first-order valence-electron chi connectivity index (χ1n) is 5.73. The summed E-state index contributed by atoms with van der Waals surface area (Å²) >= 11 is 3.70. The fraction of sp³-hybridized carbons (Fsp3) is 0.545. The molecule has 1 fully saturated rings. The number of aromatic amines is 1. The maximum Gasteiger partial charge on any atom is 0.349 e. The van der Waals surface area contributed by atoms with Gasteiger partial charge >= 0.3 is 5.69 Å². The first-order chi connectivity index (χ1) is 8.15. The van der Waals surface area contributed by atoms with Crippen molar-refractivity contribution in [2.24, 2.45) is 5.92 Å². The maximum atomic E-state index is 11.4. The van der Waals surface area contributed by atoms with Gasteiger partial charge in [-0.25, -0.2) is 19.3 Å². The van der Waals surface area contributed by atoms with Crippen LogP contribution in [0, 0.1) is 12.8 Å². The second kappa shape index (κ2) is 3.94. The van der Waals surface area contributed by atoms with Crippen LogP contribution in [0.15, 0.2) is 10.9 Å². The number of hydrogen-bond donors (Lipinski definition) is 1. The second-order valence-corrected chi connectivity index (χ2v) is 5.75. The molecule has 1 unspecified atom stereocenters. The highest BCUT2D eigenvalue weighted by Gasteiger charge is 2.29. The van der Waals surface area contributed by atoms with Gasteiger partial charge in [-0.3, -0.25) is 0 Å². The zero-order valence-electron chi connectivity index (χ0n) is 9.48. The zero-order chi connectivity index (χ0) is 12.0. The van der Waals surface area contributed by atoms with Crippen LogP contribution in [0.1, 0.15) is 24.4 Å². The number of aromatic nitrogens is 4. The standard InChI is InChI=1S/C11H13BrN4O/c1-6-13-8(4-9(12)7-2-3-7)5-10-14-15-11(17)16(6)10/h5,7,9H,2-4H2,1H3,(H,15,17). The van der Waals surface area contributed by atoms with Crippen molar-refractivity contribution in [2.45, 2.75) is 31.0 Å². The molecule has 1 aliphatic carbocycles. The maximum absolute atomic E-state index is 11.4. The molecule has 2 heterocycles. The van der Waals surface area contributed by atoms with E-state index in [0.717, 1.165) is 18.0 Å². The highest BCUT2D eigenvalue weighted by atomic mass is 79.9. The number of aryl methyl sites for hydroxylation is 1. The minimum atomic E-state index is -0.228. The first-order valence-corrected chi connectivity index (χ1v) is 6.64. The Hall–Kier alpha value is -1.17. The average molecular weight is 297 g/mol. The molecule has 1 aliphatic rings. The fourth-order valence-corrected chi connectivity index (χ4v) is 2.95. The Morgan fingerprint density at radius 3 is 3.12 bits per heavy atom. The van der Waals surface area contributed by atoms with Crippen molar-refractivity contribution >= 4 is 21.6 Å². The van der Waals surface area contributed by atoms with Crippen LogP contribution < -0.4 is 5.69 Å². The van der Waals surface area contributed by atoms with Crippen molar-refractivity contribution in [3.63, 3.8) is 0 Å². The highest BCUT2D eigenvalue weighted by Crippen LogP contribution is 2.37. The summed E-state index contributed by atoms with van der Waals surface area (Å²) in [4.78, 5) is 16.4. The molecule has 1 N–H and O–H groups in total. The summed E-state index contributed by atoms with van der Waals surface area (Å²) in [5.41, 5.74) is 1.41. The third-order valence-electron chi connectivity index (χ3n) is 3.16. The number of halogens is 1. The number of alkyl halides is 1. The lowest BCUT2D eigenvalue weighted by Crippen LogP contribution is -2.15. The Kier molecular flexibility index (Phi) is 2.54. The highest BCUT2D eigenvalue weighted by molar-refractivity contribution is 9.09. The molecule has 6 heteroatoms. The predicted octanol–water partition coefficient (Wildman–Crippen LogP) is 1.44. The van der Waals surface area contributed by atoms with Gasteiger partial charge in [0.25, 0.3) is 0 Å². The van der Waals surface area contributed by atoms with Gasteiger partial charge in [-0.1, -0.05) is 15.9 Å². The van der Waals surface area contributed by atoms with Crippen LogP contribution in [-0.2, 0) is 6.42 Å². The Morgan fingerprint density at radius 2 is 2.41 bits per heavy atom. The summed E-state index contributed by atoms with van der Waals surface area (Å²) < 4.78 is 1.49. The molecule has 0 bridgehead atoms. The molecule has 0 spiro atoms. The number of fused-ring (bicyclic) bond motifs is 1. The number of hydrogen-bond acceptors (Lipinski definition) is 3. The zero-order valence-corrected chi connectivity index (χ0v) is 11.1. The van der Waals surface area contributed by atoms with Crippen LogP contribution in [0.4, 0.5) is 0 Å². The van der Waals surface area contributed by atoms with E-state index < -0.39 is 0 Å². The van der Waals surface area contributed by atoms with Crippen LogP contribution in [0.25, 0.3) is 5.65 Å². The van der Waals surface area contributed by atoms with Crippen LogP contribution in [0.3, 0.4) is 0 Å². The van der Waals surface area contributed by atoms with Gasteiger partial charge in [0.2, 0.25) is 0 Å². The molecule has 0 amide bonds. The molecule has 3 rings (SSSR count). The topological polar surface area (TPSA) is 63.0 Å². The Balaban J connectivity index is 1.97. The lowest BCUT2D eigenvalue weighted by Gasteiger charge is -2.08. The third-order valence-corrected chi connectivity index (χ3v) is 4.23. The minimum Gasteiger partial charge on any atom is -0.246 e. The SMILES string of the molecule is Cc1nc(CC(Br)C2CC2)cc2n[nH]c(=O)n12. The van der Waals surface area contributed by atoms with Crippen molar-refractivity contribution in [1.82, 2.24) is 19.6 Å². The van der Waals surface area contributed by atoms with Gasteiger partial charge in [0.15, 0.2) is 5.65 Å². The van der Waals surface area contributed by atoms with Gasteiger partial charge in [-0.05, 0) is 25.7 Å². The number of nitrogens with one attached hydrogen (secondary N) is 1. The van der Waals surface area contributed by atoms with Crippen molar-refractivity contribution in [2.75, 3.05) is 0 Å². The molecule has 0 aromatic carbocycles. The molecule has 2 aromatic rings. The second-order valence-electron chi connectivity index (χ2n) is 4.57. The van der Waals surface area contributed by atoms with Crippen molar-refractivity contribution in [3.05, 3.63) is 28.1 Å². The van der Waals surface area contributed by atoms with Crippen LogP contribution >= 0.6 is 15.9 Å². The lowest BCUT2D eigenvalue weighted by atomic mass is 10.1. The molecule has 1 saturated carbocycles. The summed E-state index contributed by atoms with van der Waals surface area (Å²) in [6, 6.07) is 1.88. The van der Waals surface area contributed by atoms with E-state index in [0.29, 0.717) is 16.3 Å². The molecule has 17 heavy (non-hydrogen) atoms. The quantitative estimate of drug-likeness (QED) is 0.872. The van der Waals surface area contributed by atoms with Crippen molar-refractivity contribution in [3.8, 4) is 0 Å².